The lowest BCUT2D eigenvalue weighted by Crippen LogP contribution is -2.66. The Bertz CT molecular complexity index is 2210. The summed E-state index contributed by atoms with van der Waals surface area (Å²) in [5.41, 5.74) is 2.47. The van der Waals surface area contributed by atoms with E-state index in [1.54, 1.807) is 53.6 Å². The van der Waals surface area contributed by atoms with Gasteiger partial charge in [0.15, 0.2) is 17.3 Å². The van der Waals surface area contributed by atoms with Crippen molar-refractivity contribution in [3.8, 4) is 22.7 Å². The van der Waals surface area contributed by atoms with Crippen LogP contribution in [0.3, 0.4) is 0 Å². The Hall–Kier alpha value is -5.75. The third kappa shape index (κ3) is 3.88. The number of pyridine rings is 1. The quantitative estimate of drug-likeness (QED) is 0.266. The maximum atomic E-state index is 16.0. The molecule has 1 amide bonds. The molecule has 234 valence electrons. The number of rotatable bonds is 3. The van der Waals surface area contributed by atoms with E-state index in [1.165, 1.54) is 16.9 Å². The Morgan fingerprint density at radius 3 is 2.51 bits per heavy atom. The van der Waals surface area contributed by atoms with Gasteiger partial charge in [0.1, 0.15) is 12.2 Å². The summed E-state index contributed by atoms with van der Waals surface area (Å²) in [6.07, 6.45) is 1.29. The number of hydrogen-bond acceptors (Lipinski definition) is 7. The predicted octanol–water partition coefficient (Wildman–Crippen LogP) is 4.69. The minimum atomic E-state index is -1.26. The standard InChI is InChI=1S/C35H24F2N4O6/c36-23-12-11-22-28(29(23)37)25-10-5-14-38(25)24-9-4-3-8-21(24)30(22)41-27-18-45-17-16-39(27)33(43)31-32(26(42)13-15-40(31)41)46-35-20-7-2-1-6-19(20)34(44)47-35/h1-15,27,30,35H,16-18H2/t27-,30-,35?/m1/s1. The Morgan fingerprint density at radius 1 is 0.830 bits per heavy atom. The van der Waals surface area contributed by atoms with Gasteiger partial charge in [-0.15, -0.1) is 0 Å². The van der Waals surface area contributed by atoms with Crippen LogP contribution in [-0.4, -0.2) is 51.9 Å². The van der Waals surface area contributed by atoms with Crippen molar-refractivity contribution < 1.29 is 32.6 Å². The van der Waals surface area contributed by atoms with E-state index in [1.807, 2.05) is 33.8 Å². The second kappa shape index (κ2) is 10.1. The van der Waals surface area contributed by atoms with Crippen molar-refractivity contribution in [3.05, 3.63) is 141 Å². The highest BCUT2D eigenvalue weighted by Crippen LogP contribution is 2.46. The number of para-hydroxylation sites is 1. The summed E-state index contributed by atoms with van der Waals surface area (Å²) in [5.74, 6) is -3.40. The third-order valence-electron chi connectivity index (χ3n) is 9.21. The smallest absolute Gasteiger partial charge is 0.342 e. The number of benzene rings is 3. The summed E-state index contributed by atoms with van der Waals surface area (Å²) in [7, 11) is 0. The molecule has 1 fully saturated rings. The number of esters is 1. The number of carbonyl (C=O) groups excluding carboxylic acids is 2. The first kappa shape index (κ1) is 27.6. The highest BCUT2D eigenvalue weighted by atomic mass is 19.2. The van der Waals surface area contributed by atoms with E-state index < -0.39 is 47.4 Å². The number of halogens is 2. The molecule has 12 heteroatoms. The molecule has 0 spiro atoms. The number of cyclic esters (lactones) is 1. The van der Waals surface area contributed by atoms with Gasteiger partial charge in [-0.25, -0.2) is 13.6 Å². The summed E-state index contributed by atoms with van der Waals surface area (Å²) in [4.78, 5) is 42.0. The molecule has 0 bridgehead atoms. The number of carbonyl (C=O) groups is 2. The average molecular weight is 635 g/mol. The van der Waals surface area contributed by atoms with Crippen LogP contribution in [0.1, 0.15) is 49.9 Å². The van der Waals surface area contributed by atoms with Gasteiger partial charge in [-0.1, -0.05) is 42.5 Å². The van der Waals surface area contributed by atoms with Crippen LogP contribution in [0.4, 0.5) is 8.78 Å². The fourth-order valence-electron chi connectivity index (χ4n) is 7.18. The van der Waals surface area contributed by atoms with Crippen LogP contribution in [0.2, 0.25) is 0 Å². The molecule has 0 aliphatic carbocycles. The Morgan fingerprint density at radius 2 is 1.64 bits per heavy atom. The van der Waals surface area contributed by atoms with E-state index in [0.717, 1.165) is 17.3 Å². The molecule has 3 aromatic carbocycles. The molecule has 5 aromatic rings. The first-order valence-electron chi connectivity index (χ1n) is 15.1. The third-order valence-corrected chi connectivity index (χ3v) is 9.21. The zero-order chi connectivity index (χ0) is 32.0. The molecule has 2 aromatic heterocycles. The molecule has 0 radical (unpaired) electrons. The highest BCUT2D eigenvalue weighted by Gasteiger charge is 2.47. The van der Waals surface area contributed by atoms with Crippen molar-refractivity contribution in [2.75, 3.05) is 24.8 Å². The second-order valence-electron chi connectivity index (χ2n) is 11.6. The molecule has 47 heavy (non-hydrogen) atoms. The summed E-state index contributed by atoms with van der Waals surface area (Å²) >= 11 is 0. The van der Waals surface area contributed by atoms with Crippen LogP contribution < -0.4 is 15.2 Å². The van der Waals surface area contributed by atoms with Crippen molar-refractivity contribution >= 4 is 11.9 Å². The van der Waals surface area contributed by atoms with Crippen LogP contribution in [0.25, 0.3) is 16.9 Å². The number of fused-ring (bicyclic) bond motifs is 8. The van der Waals surface area contributed by atoms with Gasteiger partial charge in [0.05, 0.1) is 30.2 Å². The molecule has 10 nitrogen and oxygen atoms in total. The van der Waals surface area contributed by atoms with Gasteiger partial charge in [-0.2, -0.15) is 0 Å². The van der Waals surface area contributed by atoms with Gasteiger partial charge in [0.2, 0.25) is 11.2 Å². The van der Waals surface area contributed by atoms with Crippen LogP contribution in [0.15, 0.2) is 96.1 Å². The fraction of sp³-hybridized carbons (Fsp3) is 0.171. The second-order valence-corrected chi connectivity index (χ2v) is 11.6. The van der Waals surface area contributed by atoms with Gasteiger partial charge >= 0.3 is 5.97 Å². The molecule has 1 saturated heterocycles. The van der Waals surface area contributed by atoms with Crippen LogP contribution in [0, 0.1) is 11.6 Å². The van der Waals surface area contributed by atoms with E-state index in [9.17, 15) is 18.8 Å². The highest BCUT2D eigenvalue weighted by molar-refractivity contribution is 5.97. The van der Waals surface area contributed by atoms with Crippen LogP contribution >= 0.6 is 0 Å². The molecule has 4 aliphatic heterocycles. The summed E-state index contributed by atoms with van der Waals surface area (Å²) < 4.78 is 51.8. The van der Waals surface area contributed by atoms with Crippen LogP contribution in [-0.2, 0) is 9.47 Å². The van der Waals surface area contributed by atoms with Gasteiger partial charge in [0, 0.05) is 41.7 Å². The van der Waals surface area contributed by atoms with Gasteiger partial charge < -0.3 is 23.7 Å². The van der Waals surface area contributed by atoms with Crippen molar-refractivity contribution in [2.24, 2.45) is 0 Å². The molecule has 6 heterocycles. The number of morpholine rings is 1. The first-order chi connectivity index (χ1) is 22.9. The molecule has 0 saturated carbocycles. The molecule has 1 unspecified atom stereocenters. The minimum absolute atomic E-state index is 0.0740. The zero-order valence-electron chi connectivity index (χ0n) is 24.5. The Labute approximate surface area is 265 Å². The minimum Gasteiger partial charge on any atom is -0.444 e. The maximum absolute atomic E-state index is 16.0. The van der Waals surface area contributed by atoms with E-state index in [-0.39, 0.29) is 36.8 Å². The number of aromatic nitrogens is 2. The normalized spacial score (nSPS) is 20.7. The zero-order valence-corrected chi connectivity index (χ0v) is 24.5. The van der Waals surface area contributed by atoms with Crippen molar-refractivity contribution in [2.45, 2.75) is 18.5 Å². The number of ether oxygens (including phenoxy) is 3. The van der Waals surface area contributed by atoms with Crippen molar-refractivity contribution in [1.29, 1.82) is 0 Å². The number of hydrogen-bond donors (Lipinski definition) is 0. The lowest BCUT2D eigenvalue weighted by molar-refractivity contribution is -0.0417. The maximum Gasteiger partial charge on any atom is 0.342 e. The van der Waals surface area contributed by atoms with Crippen molar-refractivity contribution in [1.82, 2.24) is 14.1 Å². The Balaban J connectivity index is 1.30. The number of amides is 1. The van der Waals surface area contributed by atoms with Gasteiger partial charge in [0.25, 0.3) is 12.2 Å². The number of nitrogens with zero attached hydrogens (tertiary/aromatic N) is 4. The summed E-state index contributed by atoms with van der Waals surface area (Å²) in [5, 5.41) is 1.85. The van der Waals surface area contributed by atoms with Crippen molar-refractivity contribution in [3.63, 3.8) is 0 Å². The average Bonchev–Trinajstić information content (AvgIpc) is 3.67. The largest absolute Gasteiger partial charge is 0.444 e. The van der Waals surface area contributed by atoms with Gasteiger partial charge in [-0.05, 0) is 35.9 Å². The van der Waals surface area contributed by atoms with E-state index in [4.69, 9.17) is 14.2 Å². The SMILES string of the molecule is O=C1OC(Oc2c3n(ccc2=O)N([C@@H]2c4ccccc4-n4cccc4-c4c2ccc(F)c4F)[C@@H]2COCCN2C3=O)c2ccccc21. The summed E-state index contributed by atoms with van der Waals surface area (Å²) in [6.45, 7) is 0.550. The van der Waals surface area contributed by atoms with Crippen LogP contribution in [0.5, 0.6) is 5.75 Å². The monoisotopic (exact) mass is 634 g/mol. The summed E-state index contributed by atoms with van der Waals surface area (Å²) in [6, 6.07) is 20.8. The Kier molecular flexibility index (Phi) is 5.94. The molecule has 0 N–H and O–H groups in total. The molecule has 4 aliphatic rings. The fourth-order valence-corrected chi connectivity index (χ4v) is 7.18. The first-order valence-corrected chi connectivity index (χ1v) is 15.1. The van der Waals surface area contributed by atoms with E-state index in [2.05, 4.69) is 0 Å². The van der Waals surface area contributed by atoms with E-state index >= 15 is 4.39 Å². The van der Waals surface area contributed by atoms with Gasteiger partial charge in [-0.3, -0.25) is 19.3 Å². The lowest BCUT2D eigenvalue weighted by Gasteiger charge is -2.51. The predicted molar refractivity (Wildman–Crippen MR) is 163 cm³/mol. The molecular formula is C35H24F2N4O6. The van der Waals surface area contributed by atoms with E-state index in [0.29, 0.717) is 22.4 Å². The topological polar surface area (TPSA) is 95.2 Å². The molecular weight excluding hydrogens is 610 g/mol. The lowest BCUT2D eigenvalue weighted by atomic mass is 9.91. The molecule has 9 rings (SSSR count). The molecule has 3 atom stereocenters.